The Morgan fingerprint density at radius 3 is 2.50 bits per heavy atom. The van der Waals surface area contributed by atoms with Crippen LogP contribution in [0.4, 0.5) is 0 Å². The van der Waals surface area contributed by atoms with Gasteiger partial charge in [-0.2, -0.15) is 5.10 Å². The van der Waals surface area contributed by atoms with Gasteiger partial charge in [0.25, 0.3) is 0 Å². The smallest absolute Gasteiger partial charge is 0.242 e. The van der Waals surface area contributed by atoms with E-state index in [1.807, 2.05) is 19.1 Å². The minimum Gasteiger partial charge on any atom is -0.347 e. The number of hydrogen-bond donors (Lipinski definition) is 1. The van der Waals surface area contributed by atoms with Gasteiger partial charge < -0.3 is 5.32 Å². The largest absolute Gasteiger partial charge is 0.347 e. The van der Waals surface area contributed by atoms with Gasteiger partial charge in [0, 0.05) is 18.1 Å². The standard InChI is InChI=1S/C18H24N4O2/c1-11(2)18(15-7-6-8-19-9-15)20-16(24)10-22-13(4)17(14(5)23)12(3)21-22/h6-9,11,18H,10H2,1-5H3,(H,20,24). The fourth-order valence-corrected chi connectivity index (χ4v) is 2.91. The van der Waals surface area contributed by atoms with E-state index in [1.165, 1.54) is 6.92 Å². The summed E-state index contributed by atoms with van der Waals surface area (Å²) in [4.78, 5) is 28.3. The van der Waals surface area contributed by atoms with Crippen LogP contribution in [0.5, 0.6) is 0 Å². The van der Waals surface area contributed by atoms with Crippen molar-refractivity contribution in [1.29, 1.82) is 0 Å². The molecule has 0 fully saturated rings. The zero-order valence-electron chi connectivity index (χ0n) is 14.8. The fourth-order valence-electron chi connectivity index (χ4n) is 2.91. The lowest BCUT2D eigenvalue weighted by Gasteiger charge is -2.22. The number of rotatable bonds is 6. The molecule has 0 saturated carbocycles. The highest BCUT2D eigenvalue weighted by Crippen LogP contribution is 2.21. The van der Waals surface area contributed by atoms with Gasteiger partial charge in [-0.3, -0.25) is 19.3 Å². The van der Waals surface area contributed by atoms with E-state index >= 15 is 0 Å². The Hall–Kier alpha value is -2.50. The van der Waals surface area contributed by atoms with E-state index in [4.69, 9.17) is 0 Å². The maximum atomic E-state index is 12.5. The molecule has 2 rings (SSSR count). The molecule has 0 aliphatic heterocycles. The number of pyridine rings is 1. The molecule has 1 N–H and O–H groups in total. The minimum atomic E-state index is -0.141. The van der Waals surface area contributed by atoms with Gasteiger partial charge in [0.15, 0.2) is 5.78 Å². The molecule has 1 atom stereocenters. The molecule has 6 nitrogen and oxygen atoms in total. The topological polar surface area (TPSA) is 76.9 Å². The van der Waals surface area contributed by atoms with Gasteiger partial charge >= 0.3 is 0 Å². The average molecular weight is 328 g/mol. The van der Waals surface area contributed by atoms with E-state index < -0.39 is 0 Å². The Kier molecular flexibility index (Phi) is 5.49. The van der Waals surface area contributed by atoms with Gasteiger partial charge in [-0.05, 0) is 38.3 Å². The predicted molar refractivity (Wildman–Crippen MR) is 91.7 cm³/mol. The molecule has 0 saturated heterocycles. The van der Waals surface area contributed by atoms with Crippen molar-refractivity contribution < 1.29 is 9.59 Å². The van der Waals surface area contributed by atoms with Gasteiger partial charge in [-0.15, -0.1) is 0 Å². The van der Waals surface area contributed by atoms with Gasteiger partial charge in [-0.25, -0.2) is 0 Å². The maximum absolute atomic E-state index is 12.5. The summed E-state index contributed by atoms with van der Waals surface area (Å²) in [6.45, 7) is 9.29. The second-order valence-electron chi connectivity index (χ2n) is 6.34. The summed E-state index contributed by atoms with van der Waals surface area (Å²) in [5, 5.41) is 7.36. The van der Waals surface area contributed by atoms with Crippen LogP contribution in [0.1, 0.15) is 54.1 Å². The summed E-state index contributed by atoms with van der Waals surface area (Å²) in [6.07, 6.45) is 3.48. The van der Waals surface area contributed by atoms with Crippen LogP contribution in [0, 0.1) is 19.8 Å². The Balaban J connectivity index is 2.15. The second kappa shape index (κ2) is 7.38. The molecule has 1 unspecified atom stereocenters. The molecule has 0 aliphatic rings. The van der Waals surface area contributed by atoms with Crippen LogP contribution in [0.2, 0.25) is 0 Å². The number of nitrogens with zero attached hydrogens (tertiary/aromatic N) is 3. The van der Waals surface area contributed by atoms with E-state index in [1.54, 1.807) is 24.0 Å². The van der Waals surface area contributed by atoms with E-state index in [0.717, 1.165) is 11.3 Å². The summed E-state index contributed by atoms with van der Waals surface area (Å²) in [6, 6.07) is 3.70. The van der Waals surface area contributed by atoms with Gasteiger partial charge in [0.05, 0.1) is 17.3 Å². The summed E-state index contributed by atoms with van der Waals surface area (Å²) in [5.74, 6) is 0.0525. The zero-order chi connectivity index (χ0) is 17.9. The molecule has 2 heterocycles. The lowest BCUT2D eigenvalue weighted by molar-refractivity contribution is -0.123. The number of carbonyl (C=O) groups is 2. The average Bonchev–Trinajstić information content (AvgIpc) is 2.79. The lowest BCUT2D eigenvalue weighted by Crippen LogP contribution is -2.34. The monoisotopic (exact) mass is 328 g/mol. The highest BCUT2D eigenvalue weighted by atomic mass is 16.2. The van der Waals surface area contributed by atoms with Crippen LogP contribution in [0.25, 0.3) is 0 Å². The van der Waals surface area contributed by atoms with Crippen molar-refractivity contribution in [3.05, 3.63) is 47.0 Å². The number of hydrogen-bond acceptors (Lipinski definition) is 4. The number of nitrogens with one attached hydrogen (secondary N) is 1. The van der Waals surface area contributed by atoms with E-state index in [9.17, 15) is 9.59 Å². The molecular weight excluding hydrogens is 304 g/mol. The SMILES string of the molecule is CC(=O)c1c(C)nn(CC(=O)NC(c2cccnc2)C(C)C)c1C. The molecule has 0 bridgehead atoms. The minimum absolute atomic E-state index is 0.0351. The Morgan fingerprint density at radius 2 is 2.00 bits per heavy atom. The third-order valence-electron chi connectivity index (χ3n) is 4.05. The first-order valence-electron chi connectivity index (χ1n) is 8.05. The molecule has 2 aromatic heterocycles. The highest BCUT2D eigenvalue weighted by molar-refractivity contribution is 5.96. The van der Waals surface area contributed by atoms with E-state index in [-0.39, 0.29) is 30.2 Å². The van der Waals surface area contributed by atoms with Crippen LogP contribution < -0.4 is 5.32 Å². The molecule has 24 heavy (non-hydrogen) atoms. The Labute approximate surface area is 142 Å². The molecule has 0 aliphatic carbocycles. The molecule has 0 aromatic carbocycles. The lowest BCUT2D eigenvalue weighted by atomic mass is 9.97. The van der Waals surface area contributed by atoms with Crippen molar-refractivity contribution in [1.82, 2.24) is 20.1 Å². The molecule has 0 radical (unpaired) electrons. The zero-order valence-corrected chi connectivity index (χ0v) is 14.8. The fraction of sp³-hybridized carbons (Fsp3) is 0.444. The molecule has 128 valence electrons. The number of Topliss-reactive ketones (excluding diaryl/α,β-unsaturated/α-hetero) is 1. The van der Waals surface area contributed by atoms with Crippen LogP contribution in [-0.4, -0.2) is 26.5 Å². The van der Waals surface area contributed by atoms with E-state index in [0.29, 0.717) is 11.3 Å². The Morgan fingerprint density at radius 1 is 1.29 bits per heavy atom. The molecule has 6 heteroatoms. The third-order valence-corrected chi connectivity index (χ3v) is 4.05. The number of aryl methyl sites for hydroxylation is 1. The first-order chi connectivity index (χ1) is 11.3. The van der Waals surface area contributed by atoms with Crippen LogP contribution >= 0.6 is 0 Å². The van der Waals surface area contributed by atoms with Crippen LogP contribution in [0.3, 0.4) is 0 Å². The first-order valence-corrected chi connectivity index (χ1v) is 8.05. The number of carbonyl (C=O) groups excluding carboxylic acids is 2. The number of aromatic nitrogens is 3. The van der Waals surface area contributed by atoms with Gasteiger partial charge in [0.1, 0.15) is 6.54 Å². The van der Waals surface area contributed by atoms with Crippen molar-refractivity contribution in [3.63, 3.8) is 0 Å². The number of amides is 1. The molecule has 0 spiro atoms. The van der Waals surface area contributed by atoms with Gasteiger partial charge in [0.2, 0.25) is 5.91 Å². The van der Waals surface area contributed by atoms with Crippen LogP contribution in [-0.2, 0) is 11.3 Å². The highest BCUT2D eigenvalue weighted by Gasteiger charge is 2.21. The molecular formula is C18H24N4O2. The van der Waals surface area contributed by atoms with Crippen molar-refractivity contribution in [2.24, 2.45) is 5.92 Å². The summed E-state index contributed by atoms with van der Waals surface area (Å²) in [7, 11) is 0. The van der Waals surface area contributed by atoms with Gasteiger partial charge in [-0.1, -0.05) is 19.9 Å². The predicted octanol–water partition coefficient (Wildman–Crippen LogP) is 2.61. The van der Waals surface area contributed by atoms with Crippen molar-refractivity contribution in [2.75, 3.05) is 0 Å². The van der Waals surface area contributed by atoms with Crippen LogP contribution in [0.15, 0.2) is 24.5 Å². The third kappa shape index (κ3) is 3.88. The second-order valence-corrected chi connectivity index (χ2v) is 6.34. The molecule has 1 amide bonds. The summed E-state index contributed by atoms with van der Waals surface area (Å²) in [5.41, 5.74) is 2.94. The number of ketones is 1. The van der Waals surface area contributed by atoms with Crippen molar-refractivity contribution >= 4 is 11.7 Å². The quantitative estimate of drug-likeness (QED) is 0.827. The normalized spacial score (nSPS) is 12.2. The Bertz CT molecular complexity index is 735. The first kappa shape index (κ1) is 17.8. The summed E-state index contributed by atoms with van der Waals surface area (Å²) >= 11 is 0. The van der Waals surface area contributed by atoms with Crippen molar-refractivity contribution in [2.45, 2.75) is 47.2 Å². The van der Waals surface area contributed by atoms with Crippen molar-refractivity contribution in [3.8, 4) is 0 Å². The van der Waals surface area contributed by atoms with E-state index in [2.05, 4.69) is 29.2 Å². The molecule has 2 aromatic rings. The summed E-state index contributed by atoms with van der Waals surface area (Å²) < 4.78 is 1.59. The maximum Gasteiger partial charge on any atom is 0.242 e.